The Bertz CT molecular complexity index is 936. The molecule has 0 saturated heterocycles. The van der Waals surface area contributed by atoms with Crippen LogP contribution in [0.15, 0.2) is 42.0 Å². The number of benzene rings is 2. The molecule has 2 aromatic rings. The molecule has 5 nitrogen and oxygen atoms in total. The molecule has 0 fully saturated rings. The molecule has 29 heavy (non-hydrogen) atoms. The van der Waals surface area contributed by atoms with Gasteiger partial charge in [-0.3, -0.25) is 4.79 Å². The van der Waals surface area contributed by atoms with Gasteiger partial charge in [-0.05, 0) is 42.3 Å². The van der Waals surface area contributed by atoms with E-state index in [9.17, 15) is 10.1 Å². The molecule has 152 valence electrons. The van der Waals surface area contributed by atoms with E-state index in [0.717, 1.165) is 19.3 Å². The van der Waals surface area contributed by atoms with Crippen molar-refractivity contribution in [2.45, 2.75) is 26.2 Å². The number of nitriles is 1. The SMILES string of the molecule is CCCCCOc1ccc(/C=C(\C#N)C(=O)Nc2cccc(Cl)c2Cl)cc1OC. The van der Waals surface area contributed by atoms with Crippen molar-refractivity contribution in [3.8, 4) is 17.6 Å². The molecular formula is C22H22Cl2N2O3. The van der Waals surface area contributed by atoms with Crippen LogP contribution in [0.4, 0.5) is 5.69 Å². The molecule has 0 radical (unpaired) electrons. The maximum absolute atomic E-state index is 12.5. The summed E-state index contributed by atoms with van der Waals surface area (Å²) >= 11 is 12.0. The third kappa shape index (κ3) is 6.42. The summed E-state index contributed by atoms with van der Waals surface area (Å²) in [6.45, 7) is 2.73. The van der Waals surface area contributed by atoms with Gasteiger partial charge in [0.2, 0.25) is 0 Å². The molecule has 0 aliphatic carbocycles. The average molecular weight is 433 g/mol. The number of carbonyl (C=O) groups excluding carboxylic acids is 1. The van der Waals surface area contributed by atoms with Crippen molar-refractivity contribution < 1.29 is 14.3 Å². The van der Waals surface area contributed by atoms with Crippen LogP contribution < -0.4 is 14.8 Å². The maximum Gasteiger partial charge on any atom is 0.266 e. The smallest absolute Gasteiger partial charge is 0.266 e. The number of unbranched alkanes of at least 4 members (excludes halogenated alkanes) is 2. The number of nitrogens with zero attached hydrogens (tertiary/aromatic N) is 1. The summed E-state index contributed by atoms with van der Waals surface area (Å²) in [5, 5.41) is 12.5. The highest BCUT2D eigenvalue weighted by molar-refractivity contribution is 6.44. The molecule has 0 saturated carbocycles. The summed E-state index contributed by atoms with van der Waals surface area (Å²) in [4.78, 5) is 12.5. The van der Waals surface area contributed by atoms with Crippen molar-refractivity contribution in [3.05, 3.63) is 57.6 Å². The van der Waals surface area contributed by atoms with Crippen LogP contribution in [0.1, 0.15) is 31.7 Å². The highest BCUT2D eigenvalue weighted by Crippen LogP contribution is 2.31. The van der Waals surface area contributed by atoms with Gasteiger partial charge >= 0.3 is 0 Å². The molecule has 0 spiro atoms. The Morgan fingerprint density at radius 2 is 2.00 bits per heavy atom. The molecule has 1 amide bonds. The van der Waals surface area contributed by atoms with Crippen molar-refractivity contribution in [1.29, 1.82) is 5.26 Å². The molecule has 0 unspecified atom stereocenters. The zero-order chi connectivity index (χ0) is 21.2. The van der Waals surface area contributed by atoms with Crippen molar-refractivity contribution in [3.63, 3.8) is 0 Å². The molecule has 0 atom stereocenters. The molecule has 0 heterocycles. The minimum Gasteiger partial charge on any atom is -0.493 e. The topological polar surface area (TPSA) is 71.3 Å². The Morgan fingerprint density at radius 3 is 2.69 bits per heavy atom. The predicted molar refractivity (Wildman–Crippen MR) is 117 cm³/mol. The molecule has 2 aromatic carbocycles. The van der Waals surface area contributed by atoms with Crippen LogP contribution in [0.25, 0.3) is 6.08 Å². The molecule has 0 aromatic heterocycles. The van der Waals surface area contributed by atoms with Gasteiger partial charge in [-0.25, -0.2) is 0 Å². The third-order valence-electron chi connectivity index (χ3n) is 4.07. The minimum absolute atomic E-state index is 0.0836. The normalized spacial score (nSPS) is 10.9. The van der Waals surface area contributed by atoms with Crippen LogP contribution in [0.5, 0.6) is 11.5 Å². The number of rotatable bonds is 9. The predicted octanol–water partition coefficient (Wildman–Crippen LogP) is 6.12. The van der Waals surface area contributed by atoms with E-state index in [2.05, 4.69) is 12.2 Å². The summed E-state index contributed by atoms with van der Waals surface area (Å²) < 4.78 is 11.1. The van der Waals surface area contributed by atoms with Crippen LogP contribution in [0.3, 0.4) is 0 Å². The van der Waals surface area contributed by atoms with E-state index in [1.54, 1.807) is 43.5 Å². The van der Waals surface area contributed by atoms with E-state index < -0.39 is 5.91 Å². The number of halogens is 2. The van der Waals surface area contributed by atoms with Crippen LogP contribution in [-0.2, 0) is 4.79 Å². The second-order valence-electron chi connectivity index (χ2n) is 6.19. The summed E-state index contributed by atoms with van der Waals surface area (Å²) in [7, 11) is 1.54. The lowest BCUT2D eigenvalue weighted by molar-refractivity contribution is -0.112. The second kappa shape index (κ2) is 11.4. The second-order valence-corrected chi connectivity index (χ2v) is 6.98. The molecule has 7 heteroatoms. The lowest BCUT2D eigenvalue weighted by Crippen LogP contribution is -2.13. The molecule has 2 rings (SSSR count). The fourth-order valence-electron chi connectivity index (χ4n) is 2.53. The fraction of sp³-hybridized carbons (Fsp3) is 0.273. The van der Waals surface area contributed by atoms with Crippen molar-refractivity contribution in [2.24, 2.45) is 0 Å². The zero-order valence-electron chi connectivity index (χ0n) is 16.3. The summed E-state index contributed by atoms with van der Waals surface area (Å²) in [5.74, 6) is 0.566. The van der Waals surface area contributed by atoms with E-state index >= 15 is 0 Å². The first-order valence-electron chi connectivity index (χ1n) is 9.18. The van der Waals surface area contributed by atoms with Crippen molar-refractivity contribution in [1.82, 2.24) is 0 Å². The van der Waals surface area contributed by atoms with Gasteiger partial charge in [-0.15, -0.1) is 0 Å². The van der Waals surface area contributed by atoms with E-state index in [4.69, 9.17) is 32.7 Å². The van der Waals surface area contributed by atoms with Gasteiger partial charge in [-0.1, -0.05) is 55.1 Å². The van der Waals surface area contributed by atoms with Crippen molar-refractivity contribution >= 4 is 40.9 Å². The number of ether oxygens (including phenoxy) is 2. The van der Waals surface area contributed by atoms with Gasteiger partial charge < -0.3 is 14.8 Å². The number of amides is 1. The summed E-state index contributed by atoms with van der Waals surface area (Å²) in [5.41, 5.74) is 0.880. The number of methoxy groups -OCH3 is 1. The first-order chi connectivity index (χ1) is 14.0. The number of hydrogen-bond acceptors (Lipinski definition) is 4. The highest BCUT2D eigenvalue weighted by Gasteiger charge is 2.13. The molecule has 0 aliphatic heterocycles. The monoisotopic (exact) mass is 432 g/mol. The number of anilines is 1. The van der Waals surface area contributed by atoms with E-state index in [0.29, 0.717) is 34.4 Å². The first kappa shape index (κ1) is 22.6. The fourth-order valence-corrected chi connectivity index (χ4v) is 2.88. The van der Waals surface area contributed by atoms with Crippen LogP contribution in [-0.4, -0.2) is 19.6 Å². The van der Waals surface area contributed by atoms with Gasteiger partial charge in [0.1, 0.15) is 11.6 Å². The lowest BCUT2D eigenvalue weighted by atomic mass is 10.1. The molecular weight excluding hydrogens is 411 g/mol. The third-order valence-corrected chi connectivity index (χ3v) is 4.89. The van der Waals surface area contributed by atoms with E-state index in [1.165, 1.54) is 6.08 Å². The van der Waals surface area contributed by atoms with Crippen LogP contribution >= 0.6 is 23.2 Å². The van der Waals surface area contributed by atoms with Crippen LogP contribution in [0, 0.1) is 11.3 Å². The zero-order valence-corrected chi connectivity index (χ0v) is 17.8. The summed E-state index contributed by atoms with van der Waals surface area (Å²) in [6, 6.07) is 12.0. The summed E-state index contributed by atoms with van der Waals surface area (Å²) in [6.07, 6.45) is 4.65. The Hall–Kier alpha value is -2.68. The quantitative estimate of drug-likeness (QED) is 0.294. The Kier molecular flexibility index (Phi) is 8.85. The van der Waals surface area contributed by atoms with Gasteiger partial charge in [0, 0.05) is 0 Å². The van der Waals surface area contributed by atoms with E-state index in [1.807, 2.05) is 6.07 Å². The maximum atomic E-state index is 12.5. The lowest BCUT2D eigenvalue weighted by Gasteiger charge is -2.11. The Balaban J connectivity index is 2.18. The average Bonchev–Trinajstić information content (AvgIpc) is 2.73. The number of nitrogens with one attached hydrogen (secondary N) is 1. The van der Waals surface area contributed by atoms with Crippen LogP contribution in [0.2, 0.25) is 10.0 Å². The van der Waals surface area contributed by atoms with Gasteiger partial charge in [0.15, 0.2) is 11.5 Å². The molecule has 0 bridgehead atoms. The van der Waals surface area contributed by atoms with Gasteiger partial charge in [-0.2, -0.15) is 5.26 Å². The Morgan fingerprint density at radius 1 is 1.21 bits per heavy atom. The largest absolute Gasteiger partial charge is 0.493 e. The van der Waals surface area contributed by atoms with Gasteiger partial charge in [0.25, 0.3) is 5.91 Å². The van der Waals surface area contributed by atoms with Crippen molar-refractivity contribution in [2.75, 3.05) is 19.0 Å². The number of carbonyl (C=O) groups is 1. The first-order valence-corrected chi connectivity index (χ1v) is 9.93. The molecule has 1 N–H and O–H groups in total. The van der Waals surface area contributed by atoms with E-state index in [-0.39, 0.29) is 10.6 Å². The Labute approximate surface area is 180 Å². The number of hydrogen-bond donors (Lipinski definition) is 1. The highest BCUT2D eigenvalue weighted by atomic mass is 35.5. The standard InChI is InChI=1S/C22H22Cl2N2O3/c1-3-4-5-11-29-19-10-9-15(13-20(19)28-2)12-16(14-25)22(27)26-18-8-6-7-17(23)21(18)24/h6-10,12-13H,3-5,11H2,1-2H3,(H,26,27)/b16-12+. The minimum atomic E-state index is -0.587. The van der Waals surface area contributed by atoms with Gasteiger partial charge in [0.05, 0.1) is 29.4 Å². The molecule has 0 aliphatic rings.